The highest BCUT2D eigenvalue weighted by Crippen LogP contribution is 2.39. The second-order valence-electron chi connectivity index (χ2n) is 6.96. The van der Waals surface area contributed by atoms with Crippen molar-refractivity contribution in [3.05, 3.63) is 0 Å². The number of esters is 1. The quantitative estimate of drug-likeness (QED) is 0.737. The van der Waals surface area contributed by atoms with E-state index in [1.807, 2.05) is 0 Å². The first-order valence-electron chi connectivity index (χ1n) is 8.17. The van der Waals surface area contributed by atoms with E-state index in [4.69, 9.17) is 4.74 Å². The first-order chi connectivity index (χ1) is 9.47. The zero-order chi connectivity index (χ0) is 14.7. The highest BCUT2D eigenvalue weighted by atomic mass is 16.5. The van der Waals surface area contributed by atoms with Crippen molar-refractivity contribution in [2.24, 2.45) is 23.7 Å². The van der Waals surface area contributed by atoms with E-state index in [2.05, 4.69) is 13.8 Å². The lowest BCUT2D eigenvalue weighted by molar-refractivity contribution is -0.148. The molecule has 3 nitrogen and oxygen atoms in total. The monoisotopic (exact) mass is 280 g/mol. The van der Waals surface area contributed by atoms with Gasteiger partial charge in [-0.1, -0.05) is 13.8 Å². The lowest BCUT2D eigenvalue weighted by Crippen LogP contribution is -2.29. The van der Waals surface area contributed by atoms with Gasteiger partial charge in [-0.15, -0.1) is 0 Å². The van der Waals surface area contributed by atoms with Gasteiger partial charge in [0.1, 0.15) is 11.9 Å². The summed E-state index contributed by atoms with van der Waals surface area (Å²) in [5.41, 5.74) is 0. The first kappa shape index (κ1) is 15.5. The standard InChI is InChI=1S/C17H28O3/c1-11-7-8-14(10-16(11)19)12(2)9-15-5-4-6-17(15)20-13(3)18/h11-12,14-15,17H,4-10H2,1-3H3. The van der Waals surface area contributed by atoms with E-state index in [1.165, 1.54) is 19.8 Å². The van der Waals surface area contributed by atoms with Gasteiger partial charge >= 0.3 is 5.97 Å². The van der Waals surface area contributed by atoms with Crippen LogP contribution in [0.3, 0.4) is 0 Å². The second kappa shape index (κ2) is 6.73. The lowest BCUT2D eigenvalue weighted by Gasteiger charge is -2.32. The molecule has 0 aromatic heterocycles. The SMILES string of the molecule is CC(=O)OC1CCCC1CC(C)C1CCC(C)C(=O)C1. The van der Waals surface area contributed by atoms with E-state index < -0.39 is 0 Å². The maximum Gasteiger partial charge on any atom is 0.302 e. The Hall–Kier alpha value is -0.860. The Kier molecular flexibility index (Phi) is 5.22. The number of carbonyl (C=O) groups is 2. The summed E-state index contributed by atoms with van der Waals surface area (Å²) in [6.45, 7) is 5.83. The fraction of sp³-hybridized carbons (Fsp3) is 0.882. The molecule has 0 amide bonds. The van der Waals surface area contributed by atoms with Crippen molar-refractivity contribution in [2.75, 3.05) is 0 Å². The minimum absolute atomic E-state index is 0.119. The van der Waals surface area contributed by atoms with Crippen LogP contribution in [0, 0.1) is 23.7 Å². The van der Waals surface area contributed by atoms with Crippen LogP contribution in [0.5, 0.6) is 0 Å². The van der Waals surface area contributed by atoms with E-state index in [-0.39, 0.29) is 18.0 Å². The Labute approximate surface area is 122 Å². The highest BCUT2D eigenvalue weighted by molar-refractivity contribution is 5.81. The number of hydrogen-bond acceptors (Lipinski definition) is 3. The molecule has 0 heterocycles. The molecule has 2 fully saturated rings. The Morgan fingerprint density at radius 3 is 2.70 bits per heavy atom. The van der Waals surface area contributed by atoms with Crippen molar-refractivity contribution >= 4 is 11.8 Å². The largest absolute Gasteiger partial charge is 0.462 e. The molecule has 0 saturated heterocycles. The van der Waals surface area contributed by atoms with Gasteiger partial charge in [-0.25, -0.2) is 0 Å². The molecular weight excluding hydrogens is 252 g/mol. The van der Waals surface area contributed by atoms with Crippen molar-refractivity contribution in [2.45, 2.75) is 71.8 Å². The van der Waals surface area contributed by atoms with Crippen LogP contribution in [-0.2, 0) is 14.3 Å². The number of ketones is 1. The van der Waals surface area contributed by atoms with Crippen molar-refractivity contribution in [1.29, 1.82) is 0 Å². The molecule has 5 atom stereocenters. The zero-order valence-electron chi connectivity index (χ0n) is 13.1. The van der Waals surface area contributed by atoms with Gasteiger partial charge in [0.15, 0.2) is 0 Å². The summed E-state index contributed by atoms with van der Waals surface area (Å²) < 4.78 is 5.44. The van der Waals surface area contributed by atoms with E-state index in [0.717, 1.165) is 32.1 Å². The smallest absolute Gasteiger partial charge is 0.302 e. The molecule has 0 N–H and O–H groups in total. The van der Waals surface area contributed by atoms with Gasteiger partial charge in [-0.05, 0) is 56.3 Å². The molecule has 114 valence electrons. The zero-order valence-corrected chi connectivity index (χ0v) is 13.1. The molecule has 5 unspecified atom stereocenters. The molecule has 0 aromatic carbocycles. The summed E-state index contributed by atoms with van der Waals surface area (Å²) >= 11 is 0. The third-order valence-corrected chi connectivity index (χ3v) is 5.37. The van der Waals surface area contributed by atoms with Gasteiger partial charge in [0, 0.05) is 19.3 Å². The molecule has 0 aliphatic heterocycles. The van der Waals surface area contributed by atoms with Gasteiger partial charge in [-0.2, -0.15) is 0 Å². The molecule has 2 saturated carbocycles. The molecule has 3 heteroatoms. The van der Waals surface area contributed by atoms with E-state index in [1.54, 1.807) is 0 Å². The van der Waals surface area contributed by atoms with Gasteiger partial charge in [0.2, 0.25) is 0 Å². The fourth-order valence-corrected chi connectivity index (χ4v) is 3.98. The number of rotatable bonds is 4. The minimum atomic E-state index is -0.156. The molecule has 2 aliphatic carbocycles. The summed E-state index contributed by atoms with van der Waals surface area (Å²) in [6, 6.07) is 0. The van der Waals surface area contributed by atoms with Crippen molar-refractivity contribution in [3.63, 3.8) is 0 Å². The van der Waals surface area contributed by atoms with Crippen LogP contribution in [-0.4, -0.2) is 17.9 Å². The number of Topliss-reactive ketones (excluding diaryl/α,β-unsaturated/α-hetero) is 1. The molecule has 20 heavy (non-hydrogen) atoms. The maximum atomic E-state index is 11.9. The fourth-order valence-electron chi connectivity index (χ4n) is 3.98. The van der Waals surface area contributed by atoms with E-state index in [0.29, 0.717) is 23.5 Å². The minimum Gasteiger partial charge on any atom is -0.462 e. The normalized spacial score (nSPS) is 35.9. The Balaban J connectivity index is 1.85. The Morgan fingerprint density at radius 1 is 1.30 bits per heavy atom. The molecule has 0 radical (unpaired) electrons. The third kappa shape index (κ3) is 3.83. The van der Waals surface area contributed by atoms with Crippen LogP contribution < -0.4 is 0 Å². The summed E-state index contributed by atoms with van der Waals surface area (Å²) in [6.07, 6.45) is 7.54. The Morgan fingerprint density at radius 2 is 2.05 bits per heavy atom. The van der Waals surface area contributed by atoms with Gasteiger partial charge < -0.3 is 4.74 Å². The number of ether oxygens (including phenoxy) is 1. The Bertz CT molecular complexity index is 363. The number of hydrogen-bond donors (Lipinski definition) is 0. The molecule has 0 aromatic rings. The van der Waals surface area contributed by atoms with Crippen molar-refractivity contribution in [1.82, 2.24) is 0 Å². The van der Waals surface area contributed by atoms with E-state index in [9.17, 15) is 9.59 Å². The van der Waals surface area contributed by atoms with Crippen LogP contribution in [0.2, 0.25) is 0 Å². The van der Waals surface area contributed by atoms with Crippen LogP contribution >= 0.6 is 0 Å². The molecular formula is C17H28O3. The summed E-state index contributed by atoms with van der Waals surface area (Å²) in [7, 11) is 0. The van der Waals surface area contributed by atoms with Gasteiger partial charge in [0.05, 0.1) is 0 Å². The average Bonchev–Trinajstić information content (AvgIpc) is 2.79. The van der Waals surface area contributed by atoms with Crippen molar-refractivity contribution < 1.29 is 14.3 Å². The lowest BCUT2D eigenvalue weighted by atomic mass is 9.73. The van der Waals surface area contributed by atoms with Crippen LogP contribution in [0.25, 0.3) is 0 Å². The highest BCUT2D eigenvalue weighted by Gasteiger charge is 2.34. The number of carbonyl (C=O) groups excluding carboxylic acids is 2. The molecule has 2 aliphatic rings. The van der Waals surface area contributed by atoms with Crippen LogP contribution in [0.4, 0.5) is 0 Å². The second-order valence-corrected chi connectivity index (χ2v) is 6.96. The molecule has 0 spiro atoms. The predicted molar refractivity (Wildman–Crippen MR) is 78.2 cm³/mol. The average molecular weight is 280 g/mol. The molecule has 2 rings (SSSR count). The summed E-state index contributed by atoms with van der Waals surface area (Å²) in [5, 5.41) is 0. The predicted octanol–water partition coefficient (Wildman–Crippen LogP) is 3.75. The van der Waals surface area contributed by atoms with Gasteiger partial charge in [0.25, 0.3) is 0 Å². The third-order valence-electron chi connectivity index (χ3n) is 5.37. The molecule has 0 bridgehead atoms. The first-order valence-corrected chi connectivity index (χ1v) is 8.17. The summed E-state index contributed by atoms with van der Waals surface area (Å²) in [5.74, 6) is 2.15. The maximum absolute atomic E-state index is 11.9. The van der Waals surface area contributed by atoms with Gasteiger partial charge in [-0.3, -0.25) is 9.59 Å². The topological polar surface area (TPSA) is 43.4 Å². The van der Waals surface area contributed by atoms with Crippen molar-refractivity contribution in [3.8, 4) is 0 Å². The summed E-state index contributed by atoms with van der Waals surface area (Å²) in [4.78, 5) is 23.0. The van der Waals surface area contributed by atoms with Crippen LogP contribution in [0.15, 0.2) is 0 Å². The van der Waals surface area contributed by atoms with Crippen LogP contribution in [0.1, 0.15) is 65.7 Å². The van der Waals surface area contributed by atoms with E-state index >= 15 is 0 Å².